The first-order valence-corrected chi connectivity index (χ1v) is 6.61. The van der Waals surface area contributed by atoms with Gasteiger partial charge in [0.2, 0.25) is 0 Å². The van der Waals surface area contributed by atoms with Gasteiger partial charge < -0.3 is 10.6 Å². The van der Waals surface area contributed by atoms with E-state index in [9.17, 15) is 4.79 Å². The molecule has 0 aliphatic carbocycles. The SMILES string of the molecule is CNc1ccncc1C(=O)NCCc1cccs1. The molecule has 0 fully saturated rings. The van der Waals surface area contributed by atoms with Crippen molar-refractivity contribution in [3.8, 4) is 0 Å². The first-order valence-electron chi connectivity index (χ1n) is 5.73. The largest absolute Gasteiger partial charge is 0.387 e. The molecule has 2 rings (SSSR count). The summed E-state index contributed by atoms with van der Waals surface area (Å²) >= 11 is 1.70. The number of aromatic nitrogens is 1. The zero-order valence-electron chi connectivity index (χ0n) is 10.1. The van der Waals surface area contributed by atoms with E-state index in [0.717, 1.165) is 12.1 Å². The molecule has 2 aromatic heterocycles. The van der Waals surface area contributed by atoms with Gasteiger partial charge in [-0.05, 0) is 23.9 Å². The minimum absolute atomic E-state index is 0.0935. The summed E-state index contributed by atoms with van der Waals surface area (Å²) in [6.07, 6.45) is 4.10. The van der Waals surface area contributed by atoms with Gasteiger partial charge in [-0.25, -0.2) is 0 Å². The van der Waals surface area contributed by atoms with E-state index in [1.54, 1.807) is 36.8 Å². The highest BCUT2D eigenvalue weighted by Gasteiger charge is 2.09. The number of pyridine rings is 1. The molecule has 0 unspecified atom stereocenters. The molecule has 0 saturated heterocycles. The van der Waals surface area contributed by atoms with E-state index in [1.807, 2.05) is 11.4 Å². The third-order valence-electron chi connectivity index (χ3n) is 2.57. The second kappa shape index (κ2) is 6.16. The first kappa shape index (κ1) is 12.6. The van der Waals surface area contributed by atoms with Crippen LogP contribution in [0.2, 0.25) is 0 Å². The van der Waals surface area contributed by atoms with Crippen molar-refractivity contribution in [2.45, 2.75) is 6.42 Å². The molecular formula is C13H15N3OS. The molecule has 0 aliphatic heterocycles. The predicted octanol–water partition coefficient (Wildman–Crippen LogP) is 2.16. The van der Waals surface area contributed by atoms with Crippen molar-refractivity contribution in [1.29, 1.82) is 0 Å². The quantitative estimate of drug-likeness (QED) is 0.867. The highest BCUT2D eigenvalue weighted by molar-refractivity contribution is 7.09. The van der Waals surface area contributed by atoms with Crippen molar-refractivity contribution >= 4 is 22.9 Å². The number of nitrogens with one attached hydrogen (secondary N) is 2. The fraction of sp³-hybridized carbons (Fsp3) is 0.231. The van der Waals surface area contributed by atoms with E-state index < -0.39 is 0 Å². The highest BCUT2D eigenvalue weighted by atomic mass is 32.1. The van der Waals surface area contributed by atoms with Crippen molar-refractivity contribution in [3.05, 3.63) is 46.4 Å². The zero-order valence-corrected chi connectivity index (χ0v) is 11.0. The third-order valence-corrected chi connectivity index (χ3v) is 3.51. The molecular weight excluding hydrogens is 246 g/mol. The van der Waals surface area contributed by atoms with E-state index >= 15 is 0 Å². The van der Waals surface area contributed by atoms with Gasteiger partial charge in [0.25, 0.3) is 5.91 Å². The summed E-state index contributed by atoms with van der Waals surface area (Å²) in [5.41, 5.74) is 1.37. The molecule has 0 aromatic carbocycles. The lowest BCUT2D eigenvalue weighted by Crippen LogP contribution is -2.26. The Bertz CT molecular complexity index is 511. The Labute approximate surface area is 110 Å². The number of thiophene rings is 1. The lowest BCUT2D eigenvalue weighted by Gasteiger charge is -2.08. The molecule has 2 N–H and O–H groups in total. The monoisotopic (exact) mass is 261 g/mol. The van der Waals surface area contributed by atoms with Gasteiger partial charge in [0.15, 0.2) is 0 Å². The number of rotatable bonds is 5. The second-order valence-corrected chi connectivity index (χ2v) is 4.79. The van der Waals surface area contributed by atoms with Gasteiger partial charge in [-0.15, -0.1) is 11.3 Å². The van der Waals surface area contributed by atoms with Gasteiger partial charge in [0, 0.05) is 36.6 Å². The molecule has 94 valence electrons. The fourth-order valence-electron chi connectivity index (χ4n) is 1.64. The number of carbonyl (C=O) groups excluding carboxylic acids is 1. The van der Waals surface area contributed by atoms with Gasteiger partial charge in [0.1, 0.15) is 0 Å². The van der Waals surface area contributed by atoms with Crippen molar-refractivity contribution in [3.63, 3.8) is 0 Å². The number of hydrogen-bond donors (Lipinski definition) is 2. The maximum atomic E-state index is 12.0. The standard InChI is InChI=1S/C13H15N3OS/c1-14-12-5-6-15-9-11(12)13(17)16-7-4-10-3-2-8-18-10/h2-3,5-6,8-9H,4,7H2,1H3,(H,14,15)(H,16,17). The molecule has 4 nitrogen and oxygen atoms in total. The Balaban J connectivity index is 1.91. The second-order valence-electron chi connectivity index (χ2n) is 3.76. The molecule has 0 saturated carbocycles. The Morgan fingerprint density at radius 2 is 2.33 bits per heavy atom. The van der Waals surface area contributed by atoms with Crippen LogP contribution < -0.4 is 10.6 Å². The van der Waals surface area contributed by atoms with Crippen LogP contribution in [0.1, 0.15) is 15.2 Å². The lowest BCUT2D eigenvalue weighted by atomic mass is 10.2. The number of nitrogens with zero attached hydrogens (tertiary/aromatic N) is 1. The van der Waals surface area contributed by atoms with Crippen LogP contribution >= 0.6 is 11.3 Å². The smallest absolute Gasteiger partial charge is 0.254 e. The van der Waals surface area contributed by atoms with E-state index in [4.69, 9.17) is 0 Å². The van der Waals surface area contributed by atoms with Gasteiger partial charge in [-0.3, -0.25) is 9.78 Å². The van der Waals surface area contributed by atoms with Crippen molar-refractivity contribution in [1.82, 2.24) is 10.3 Å². The minimum atomic E-state index is -0.0935. The summed E-state index contributed by atoms with van der Waals surface area (Å²) in [6.45, 7) is 0.636. The molecule has 0 bridgehead atoms. The summed E-state index contributed by atoms with van der Waals surface area (Å²) in [6, 6.07) is 5.87. The van der Waals surface area contributed by atoms with Gasteiger partial charge in [-0.1, -0.05) is 6.07 Å². The van der Waals surface area contributed by atoms with Crippen LogP contribution in [0, 0.1) is 0 Å². The Morgan fingerprint density at radius 1 is 1.44 bits per heavy atom. The highest BCUT2D eigenvalue weighted by Crippen LogP contribution is 2.12. The van der Waals surface area contributed by atoms with Crippen molar-refractivity contribution < 1.29 is 4.79 Å². The Hall–Kier alpha value is -1.88. The van der Waals surface area contributed by atoms with E-state index in [0.29, 0.717) is 12.1 Å². The Kier molecular flexibility index (Phi) is 4.30. The number of anilines is 1. The minimum Gasteiger partial charge on any atom is -0.387 e. The third kappa shape index (κ3) is 3.07. The maximum absolute atomic E-state index is 12.0. The van der Waals surface area contributed by atoms with Crippen LogP contribution in [-0.2, 0) is 6.42 Å². The molecule has 0 atom stereocenters. The average molecular weight is 261 g/mol. The molecule has 1 amide bonds. The van der Waals surface area contributed by atoms with Crippen molar-refractivity contribution in [2.24, 2.45) is 0 Å². The summed E-state index contributed by atoms with van der Waals surface area (Å²) < 4.78 is 0. The first-order chi connectivity index (χ1) is 8.81. The van der Waals surface area contributed by atoms with Crippen molar-refractivity contribution in [2.75, 3.05) is 18.9 Å². The summed E-state index contributed by atoms with van der Waals surface area (Å²) in [5.74, 6) is -0.0935. The summed E-state index contributed by atoms with van der Waals surface area (Å²) in [7, 11) is 1.79. The van der Waals surface area contributed by atoms with Crippen LogP contribution in [0.25, 0.3) is 0 Å². The van der Waals surface area contributed by atoms with E-state index in [1.165, 1.54) is 4.88 Å². The van der Waals surface area contributed by atoms with Crippen LogP contribution in [0.5, 0.6) is 0 Å². The average Bonchev–Trinajstić information content (AvgIpc) is 2.91. The van der Waals surface area contributed by atoms with Crippen LogP contribution in [0.4, 0.5) is 5.69 Å². The van der Waals surface area contributed by atoms with Gasteiger partial charge >= 0.3 is 0 Å². The lowest BCUT2D eigenvalue weighted by molar-refractivity contribution is 0.0954. The fourth-order valence-corrected chi connectivity index (χ4v) is 2.35. The normalized spacial score (nSPS) is 10.1. The molecule has 0 spiro atoms. The van der Waals surface area contributed by atoms with E-state index in [2.05, 4.69) is 21.7 Å². The summed E-state index contributed by atoms with van der Waals surface area (Å²) in [4.78, 5) is 17.2. The Morgan fingerprint density at radius 3 is 3.06 bits per heavy atom. The summed E-state index contributed by atoms with van der Waals surface area (Å²) in [5, 5.41) is 7.92. The van der Waals surface area contributed by atoms with Gasteiger partial charge in [-0.2, -0.15) is 0 Å². The topological polar surface area (TPSA) is 54.0 Å². The van der Waals surface area contributed by atoms with Crippen LogP contribution in [-0.4, -0.2) is 24.5 Å². The molecule has 5 heteroatoms. The predicted molar refractivity (Wildman–Crippen MR) is 74.1 cm³/mol. The number of amides is 1. The van der Waals surface area contributed by atoms with Crippen LogP contribution in [0.15, 0.2) is 36.0 Å². The van der Waals surface area contributed by atoms with Crippen LogP contribution in [0.3, 0.4) is 0 Å². The van der Waals surface area contributed by atoms with Gasteiger partial charge in [0.05, 0.1) is 5.56 Å². The molecule has 2 aromatic rings. The zero-order chi connectivity index (χ0) is 12.8. The number of hydrogen-bond acceptors (Lipinski definition) is 4. The molecule has 18 heavy (non-hydrogen) atoms. The number of carbonyl (C=O) groups is 1. The molecule has 2 heterocycles. The molecule has 0 radical (unpaired) electrons. The molecule has 0 aliphatic rings. The maximum Gasteiger partial charge on any atom is 0.254 e. The van der Waals surface area contributed by atoms with E-state index in [-0.39, 0.29) is 5.91 Å².